The van der Waals surface area contributed by atoms with Gasteiger partial charge in [0.15, 0.2) is 0 Å². The van der Waals surface area contributed by atoms with Gasteiger partial charge in [0.25, 0.3) is 0 Å². The smallest absolute Gasteiger partial charge is 0.132 e. The third-order valence-electron chi connectivity index (χ3n) is 10.5. The van der Waals surface area contributed by atoms with Crippen LogP contribution in [-0.4, -0.2) is 5.71 Å². The normalized spacial score (nSPS) is 17.3. The van der Waals surface area contributed by atoms with E-state index >= 15 is 0 Å². The Morgan fingerprint density at radius 2 is 1.14 bits per heavy atom. The maximum Gasteiger partial charge on any atom is 0.132 e. The van der Waals surface area contributed by atoms with Gasteiger partial charge in [-0.25, -0.2) is 4.99 Å². The average molecular weight is 656 g/mol. The molecule has 0 aromatic heterocycles. The van der Waals surface area contributed by atoms with Crippen LogP contribution in [-0.2, 0) is 5.41 Å². The molecule has 0 saturated carbocycles. The van der Waals surface area contributed by atoms with Crippen molar-refractivity contribution < 1.29 is 4.74 Å². The Hall–Kier alpha value is -6.25. The molecule has 6 aromatic carbocycles. The van der Waals surface area contributed by atoms with E-state index < -0.39 is 5.41 Å². The van der Waals surface area contributed by atoms with Crippen LogP contribution < -0.4 is 4.74 Å². The Morgan fingerprint density at radius 1 is 0.569 bits per heavy atom. The van der Waals surface area contributed by atoms with Gasteiger partial charge in [0.05, 0.1) is 16.8 Å². The standard InChI is InChI=1S/C49H37NO/c1-34-42(37-17-7-3-8-18-37)33-45(38-27-25-36(26-28-38)35-15-5-2-6-16-35)50-48(34)39-29-31-41(32-30-39)49(40-19-9-4-10-20-40)43-21-11-13-23-46(43)51-47-24-14-12-22-44(47)49/h2-3,5-9,11-33,42H,1,4,10H2. The number of nitrogens with zero attached hydrogens (tertiary/aromatic N) is 1. The molecule has 0 radical (unpaired) electrons. The van der Waals surface area contributed by atoms with E-state index in [0.29, 0.717) is 0 Å². The van der Waals surface area contributed by atoms with Crippen molar-refractivity contribution in [3.63, 3.8) is 0 Å². The molecular weight excluding hydrogens is 619 g/mol. The number of benzene rings is 6. The zero-order valence-electron chi connectivity index (χ0n) is 28.4. The zero-order chi connectivity index (χ0) is 34.2. The molecule has 2 heterocycles. The van der Waals surface area contributed by atoms with Crippen molar-refractivity contribution in [2.45, 2.75) is 24.2 Å². The predicted octanol–water partition coefficient (Wildman–Crippen LogP) is 12.3. The van der Waals surface area contributed by atoms with Crippen molar-refractivity contribution in [1.29, 1.82) is 0 Å². The number of hydrogen-bond donors (Lipinski definition) is 0. The summed E-state index contributed by atoms with van der Waals surface area (Å²) in [6, 6.07) is 55.9. The number of aliphatic imine (C=N–C) groups is 1. The van der Waals surface area contributed by atoms with Gasteiger partial charge in [0.1, 0.15) is 11.5 Å². The fraction of sp³-hybridized carbons (Fsp3) is 0.0816. The number of rotatable bonds is 6. The summed E-state index contributed by atoms with van der Waals surface area (Å²) in [6.07, 6.45) is 11.3. The first-order chi connectivity index (χ1) is 25.2. The Balaban J connectivity index is 1.17. The Kier molecular flexibility index (Phi) is 7.78. The summed E-state index contributed by atoms with van der Waals surface area (Å²) in [6.45, 7) is 4.66. The maximum absolute atomic E-state index is 6.53. The minimum absolute atomic E-state index is 0.000275. The van der Waals surface area contributed by atoms with Gasteiger partial charge in [-0.15, -0.1) is 0 Å². The van der Waals surface area contributed by atoms with Gasteiger partial charge in [-0.3, -0.25) is 0 Å². The molecule has 2 heteroatoms. The Morgan fingerprint density at radius 3 is 1.78 bits per heavy atom. The van der Waals surface area contributed by atoms with Crippen LogP contribution >= 0.6 is 0 Å². The minimum Gasteiger partial charge on any atom is -0.457 e. The molecular formula is C49H37NO. The van der Waals surface area contributed by atoms with Crippen molar-refractivity contribution in [1.82, 2.24) is 0 Å². The summed E-state index contributed by atoms with van der Waals surface area (Å²) < 4.78 is 6.53. The van der Waals surface area contributed by atoms with Crippen molar-refractivity contribution in [3.8, 4) is 22.6 Å². The second kappa shape index (κ2) is 12.9. The van der Waals surface area contributed by atoms with Crippen LogP contribution in [0.1, 0.15) is 52.1 Å². The van der Waals surface area contributed by atoms with Gasteiger partial charge in [-0.05, 0) is 70.0 Å². The first-order valence-corrected chi connectivity index (χ1v) is 17.8. The summed E-state index contributed by atoms with van der Waals surface area (Å²) in [4.78, 5) is 5.34. The summed E-state index contributed by atoms with van der Waals surface area (Å²) >= 11 is 0. The number of allylic oxidation sites excluding steroid dienone is 6. The number of hydrogen-bond acceptors (Lipinski definition) is 2. The Labute approximate surface area is 300 Å². The summed E-state index contributed by atoms with van der Waals surface area (Å²) in [5.41, 5.74) is 12.8. The van der Waals surface area contributed by atoms with E-state index in [4.69, 9.17) is 9.73 Å². The number of ether oxygens (including phenoxy) is 1. The zero-order valence-corrected chi connectivity index (χ0v) is 28.4. The van der Waals surface area contributed by atoms with Crippen molar-refractivity contribution in [3.05, 3.63) is 233 Å². The van der Waals surface area contributed by atoms with E-state index in [1.165, 1.54) is 27.8 Å². The average Bonchev–Trinajstić information content (AvgIpc) is 3.21. The fourth-order valence-electron chi connectivity index (χ4n) is 8.02. The highest BCUT2D eigenvalue weighted by atomic mass is 16.5. The molecule has 1 aliphatic carbocycles. The topological polar surface area (TPSA) is 21.6 Å². The van der Waals surface area contributed by atoms with Gasteiger partial charge >= 0.3 is 0 Å². The summed E-state index contributed by atoms with van der Waals surface area (Å²) in [5, 5.41) is 0. The molecule has 9 rings (SSSR count). The molecule has 2 aliphatic heterocycles. The lowest BCUT2D eigenvalue weighted by Gasteiger charge is -2.42. The van der Waals surface area contributed by atoms with Crippen LogP contribution in [0.15, 0.2) is 205 Å². The van der Waals surface area contributed by atoms with E-state index in [-0.39, 0.29) is 5.92 Å². The lowest BCUT2D eigenvalue weighted by atomic mass is 9.62. The molecule has 244 valence electrons. The largest absolute Gasteiger partial charge is 0.457 e. The van der Waals surface area contributed by atoms with Crippen LogP contribution in [0.2, 0.25) is 0 Å². The quantitative estimate of drug-likeness (QED) is 0.175. The molecule has 0 saturated heterocycles. The van der Waals surface area contributed by atoms with Gasteiger partial charge in [0.2, 0.25) is 0 Å². The molecule has 0 N–H and O–H groups in total. The Bertz CT molecular complexity index is 2330. The molecule has 1 atom stereocenters. The third kappa shape index (κ3) is 5.32. The van der Waals surface area contributed by atoms with Gasteiger partial charge in [0, 0.05) is 22.6 Å². The van der Waals surface area contributed by atoms with Crippen molar-refractivity contribution >= 4 is 11.4 Å². The number of para-hydroxylation sites is 2. The minimum atomic E-state index is -0.523. The van der Waals surface area contributed by atoms with E-state index in [1.54, 1.807) is 0 Å². The lowest BCUT2D eigenvalue weighted by Crippen LogP contribution is -2.35. The number of fused-ring (bicyclic) bond motifs is 2. The van der Waals surface area contributed by atoms with E-state index in [0.717, 1.165) is 63.6 Å². The molecule has 2 nitrogen and oxygen atoms in total. The summed E-state index contributed by atoms with van der Waals surface area (Å²) in [5.74, 6) is 1.79. The predicted molar refractivity (Wildman–Crippen MR) is 210 cm³/mol. The van der Waals surface area contributed by atoms with E-state index in [9.17, 15) is 0 Å². The van der Waals surface area contributed by atoms with Crippen molar-refractivity contribution in [2.75, 3.05) is 0 Å². The monoisotopic (exact) mass is 655 g/mol. The van der Waals surface area contributed by atoms with Crippen LogP contribution in [0.3, 0.4) is 0 Å². The van der Waals surface area contributed by atoms with Crippen molar-refractivity contribution in [2.24, 2.45) is 4.99 Å². The third-order valence-corrected chi connectivity index (χ3v) is 10.5. The second-order valence-corrected chi connectivity index (χ2v) is 13.4. The highest BCUT2D eigenvalue weighted by Crippen LogP contribution is 2.56. The van der Waals surface area contributed by atoms with E-state index in [1.807, 2.05) is 0 Å². The molecule has 0 amide bonds. The van der Waals surface area contributed by atoms with Gasteiger partial charge in [-0.1, -0.05) is 170 Å². The van der Waals surface area contributed by atoms with Crippen LogP contribution in [0, 0.1) is 0 Å². The SMILES string of the molecule is C=C1C(c2ccc(C3(C4=CCCC=C4)c4ccccc4Oc4ccccc43)cc2)=NC(c2ccc(-c3ccccc3)cc2)=CC1c1ccccc1. The van der Waals surface area contributed by atoms with Gasteiger partial charge < -0.3 is 4.74 Å². The second-order valence-electron chi connectivity index (χ2n) is 13.4. The molecule has 51 heavy (non-hydrogen) atoms. The summed E-state index contributed by atoms with van der Waals surface area (Å²) in [7, 11) is 0. The molecule has 1 unspecified atom stereocenters. The first-order valence-electron chi connectivity index (χ1n) is 17.8. The van der Waals surface area contributed by atoms with Crippen LogP contribution in [0.5, 0.6) is 11.5 Å². The first kappa shape index (κ1) is 30.8. The van der Waals surface area contributed by atoms with Gasteiger partial charge in [-0.2, -0.15) is 0 Å². The lowest BCUT2D eigenvalue weighted by molar-refractivity contribution is 0.434. The highest BCUT2D eigenvalue weighted by molar-refractivity contribution is 6.16. The highest BCUT2D eigenvalue weighted by Gasteiger charge is 2.46. The molecule has 3 aliphatic rings. The molecule has 0 fully saturated rings. The fourth-order valence-corrected chi connectivity index (χ4v) is 8.02. The maximum atomic E-state index is 6.53. The van der Waals surface area contributed by atoms with Crippen LogP contribution in [0.4, 0.5) is 0 Å². The molecule has 0 bridgehead atoms. The van der Waals surface area contributed by atoms with Crippen LogP contribution in [0.25, 0.3) is 16.8 Å². The molecule has 0 spiro atoms. The van der Waals surface area contributed by atoms with E-state index in [2.05, 4.69) is 189 Å². The molecule has 6 aromatic rings.